The molecule has 4 nitrogen and oxygen atoms in total. The van der Waals surface area contributed by atoms with E-state index in [1.165, 1.54) is 32.4 Å². The summed E-state index contributed by atoms with van der Waals surface area (Å²) in [5.41, 5.74) is 1.08. The first-order valence-corrected chi connectivity index (χ1v) is 8.22. The predicted molar refractivity (Wildman–Crippen MR) is 78.8 cm³/mol. The van der Waals surface area contributed by atoms with Crippen LogP contribution in [0.3, 0.4) is 0 Å². The van der Waals surface area contributed by atoms with Crippen molar-refractivity contribution in [2.45, 2.75) is 45.3 Å². The zero-order valence-electron chi connectivity index (χ0n) is 11.6. The van der Waals surface area contributed by atoms with Crippen molar-refractivity contribution in [2.75, 3.05) is 31.1 Å². The Balaban J connectivity index is 1.68. The summed E-state index contributed by atoms with van der Waals surface area (Å²) >= 11 is 1.67. The fourth-order valence-electron chi connectivity index (χ4n) is 3.23. The molecule has 0 amide bonds. The molecule has 0 saturated carbocycles. The Morgan fingerprint density at radius 2 is 2.11 bits per heavy atom. The lowest BCUT2D eigenvalue weighted by molar-refractivity contribution is 0.260. The molecule has 106 valence electrons. The number of likely N-dealkylation sites (tertiary alicyclic amines) is 1. The van der Waals surface area contributed by atoms with Crippen LogP contribution in [0.2, 0.25) is 0 Å². The van der Waals surface area contributed by atoms with Crippen LogP contribution in [0.1, 0.15) is 36.8 Å². The molecule has 0 aromatic carbocycles. The number of anilines is 1. The standard InChI is InChI=1S/C14H23N3OS/c1-2-12-13(10-18)19-14(15-12)17-8-5-11(9-17)16-6-3-4-7-16/h11,18H,2-10H2,1H3. The van der Waals surface area contributed by atoms with Crippen molar-refractivity contribution in [1.82, 2.24) is 9.88 Å². The third kappa shape index (κ3) is 2.64. The Morgan fingerprint density at radius 1 is 1.32 bits per heavy atom. The van der Waals surface area contributed by atoms with Gasteiger partial charge >= 0.3 is 0 Å². The molecule has 1 unspecified atom stereocenters. The summed E-state index contributed by atoms with van der Waals surface area (Å²) in [6.45, 7) is 7.01. The smallest absolute Gasteiger partial charge is 0.185 e. The van der Waals surface area contributed by atoms with Gasteiger partial charge in [0.1, 0.15) is 0 Å². The van der Waals surface area contributed by atoms with Crippen LogP contribution in [-0.2, 0) is 13.0 Å². The Morgan fingerprint density at radius 3 is 2.74 bits per heavy atom. The SMILES string of the molecule is CCc1nc(N2CCC(N3CCCC3)C2)sc1CO. The molecule has 1 aromatic heterocycles. The van der Waals surface area contributed by atoms with Gasteiger partial charge in [-0.25, -0.2) is 4.98 Å². The minimum atomic E-state index is 0.129. The van der Waals surface area contributed by atoms with Crippen LogP contribution < -0.4 is 4.90 Å². The van der Waals surface area contributed by atoms with Crippen molar-refractivity contribution in [2.24, 2.45) is 0 Å². The zero-order chi connectivity index (χ0) is 13.2. The molecule has 2 aliphatic rings. The fraction of sp³-hybridized carbons (Fsp3) is 0.786. The van der Waals surface area contributed by atoms with Crippen LogP contribution in [0, 0.1) is 0 Å². The van der Waals surface area contributed by atoms with Gasteiger partial charge in [0.15, 0.2) is 5.13 Å². The first kappa shape index (κ1) is 13.3. The highest BCUT2D eigenvalue weighted by Gasteiger charge is 2.30. The molecule has 2 fully saturated rings. The van der Waals surface area contributed by atoms with E-state index in [4.69, 9.17) is 4.98 Å². The molecular weight excluding hydrogens is 258 g/mol. The first-order valence-electron chi connectivity index (χ1n) is 7.40. The molecule has 2 saturated heterocycles. The third-order valence-corrected chi connectivity index (χ3v) is 5.48. The molecule has 19 heavy (non-hydrogen) atoms. The summed E-state index contributed by atoms with van der Waals surface area (Å²) in [4.78, 5) is 10.8. The Bertz CT molecular complexity index is 407. The predicted octanol–water partition coefficient (Wildman–Crippen LogP) is 1.87. The third-order valence-electron chi connectivity index (χ3n) is 4.34. The van der Waals surface area contributed by atoms with Gasteiger partial charge in [-0.3, -0.25) is 4.90 Å². The maximum atomic E-state index is 9.37. The average molecular weight is 281 g/mol. The van der Waals surface area contributed by atoms with Gasteiger partial charge in [0, 0.05) is 19.1 Å². The lowest BCUT2D eigenvalue weighted by Gasteiger charge is -2.23. The number of aromatic nitrogens is 1. The summed E-state index contributed by atoms with van der Waals surface area (Å²) in [5, 5.41) is 10.5. The van der Waals surface area contributed by atoms with E-state index in [9.17, 15) is 5.11 Å². The molecule has 1 atom stereocenters. The first-order chi connectivity index (χ1) is 9.31. The quantitative estimate of drug-likeness (QED) is 0.914. The van der Waals surface area contributed by atoms with Gasteiger partial charge in [-0.1, -0.05) is 18.3 Å². The van der Waals surface area contributed by atoms with Gasteiger partial charge in [-0.2, -0.15) is 0 Å². The van der Waals surface area contributed by atoms with Gasteiger partial charge in [0.25, 0.3) is 0 Å². The van der Waals surface area contributed by atoms with E-state index in [1.54, 1.807) is 11.3 Å². The summed E-state index contributed by atoms with van der Waals surface area (Å²) in [6.07, 6.45) is 4.90. The van der Waals surface area contributed by atoms with Gasteiger partial charge in [0.05, 0.1) is 17.2 Å². The van der Waals surface area contributed by atoms with Crippen LogP contribution in [0.4, 0.5) is 5.13 Å². The van der Waals surface area contributed by atoms with Gasteiger partial charge in [-0.05, 0) is 38.8 Å². The molecule has 0 radical (unpaired) electrons. The highest BCUT2D eigenvalue weighted by Crippen LogP contribution is 2.31. The van der Waals surface area contributed by atoms with E-state index in [0.717, 1.165) is 35.2 Å². The molecule has 1 aromatic rings. The lowest BCUT2D eigenvalue weighted by Crippen LogP contribution is -2.35. The van der Waals surface area contributed by atoms with E-state index in [2.05, 4.69) is 16.7 Å². The van der Waals surface area contributed by atoms with Gasteiger partial charge in [0.2, 0.25) is 0 Å². The molecule has 3 rings (SSSR count). The van der Waals surface area contributed by atoms with Crippen LogP contribution in [0.5, 0.6) is 0 Å². The Kier molecular flexibility index (Phi) is 4.05. The summed E-state index contributed by atoms with van der Waals surface area (Å²) in [5.74, 6) is 0. The molecule has 1 N–H and O–H groups in total. The molecule has 5 heteroatoms. The minimum Gasteiger partial charge on any atom is -0.391 e. The van der Waals surface area contributed by atoms with Crippen molar-refractivity contribution < 1.29 is 5.11 Å². The van der Waals surface area contributed by atoms with Crippen LogP contribution >= 0.6 is 11.3 Å². The molecule has 0 aliphatic carbocycles. The number of thiazole rings is 1. The zero-order valence-corrected chi connectivity index (χ0v) is 12.5. The number of aliphatic hydroxyl groups is 1. The monoisotopic (exact) mass is 281 g/mol. The van der Waals surface area contributed by atoms with E-state index < -0.39 is 0 Å². The number of hydrogen-bond donors (Lipinski definition) is 1. The molecule has 2 aliphatic heterocycles. The number of rotatable bonds is 4. The summed E-state index contributed by atoms with van der Waals surface area (Å²) in [6, 6.07) is 0.717. The molecule has 3 heterocycles. The average Bonchev–Trinajstić information content (AvgIpc) is 3.16. The van der Waals surface area contributed by atoms with Crippen molar-refractivity contribution in [1.29, 1.82) is 0 Å². The number of hydrogen-bond acceptors (Lipinski definition) is 5. The highest BCUT2D eigenvalue weighted by atomic mass is 32.1. The number of aliphatic hydroxyl groups excluding tert-OH is 1. The minimum absolute atomic E-state index is 0.129. The van der Waals surface area contributed by atoms with Crippen molar-refractivity contribution >= 4 is 16.5 Å². The second kappa shape index (κ2) is 5.77. The topological polar surface area (TPSA) is 39.6 Å². The van der Waals surface area contributed by atoms with Crippen LogP contribution in [-0.4, -0.2) is 47.2 Å². The van der Waals surface area contributed by atoms with Crippen molar-refractivity contribution in [3.63, 3.8) is 0 Å². The van der Waals surface area contributed by atoms with Gasteiger partial charge < -0.3 is 10.0 Å². The van der Waals surface area contributed by atoms with Crippen molar-refractivity contribution in [3.8, 4) is 0 Å². The van der Waals surface area contributed by atoms with E-state index >= 15 is 0 Å². The second-order valence-electron chi connectivity index (χ2n) is 5.51. The molecule has 0 spiro atoms. The number of nitrogens with zero attached hydrogens (tertiary/aromatic N) is 3. The van der Waals surface area contributed by atoms with Crippen LogP contribution in [0.15, 0.2) is 0 Å². The fourth-order valence-corrected chi connectivity index (χ4v) is 4.27. The number of aryl methyl sites for hydroxylation is 1. The Labute approximate surface area is 119 Å². The van der Waals surface area contributed by atoms with Crippen molar-refractivity contribution in [3.05, 3.63) is 10.6 Å². The molecular formula is C14H23N3OS. The second-order valence-corrected chi connectivity index (χ2v) is 6.57. The van der Waals surface area contributed by atoms with E-state index in [-0.39, 0.29) is 6.61 Å². The van der Waals surface area contributed by atoms with E-state index in [0.29, 0.717) is 6.04 Å². The van der Waals surface area contributed by atoms with Crippen LogP contribution in [0.25, 0.3) is 0 Å². The van der Waals surface area contributed by atoms with Gasteiger partial charge in [-0.15, -0.1) is 0 Å². The largest absolute Gasteiger partial charge is 0.391 e. The maximum Gasteiger partial charge on any atom is 0.185 e. The summed E-state index contributed by atoms with van der Waals surface area (Å²) < 4.78 is 0. The Hall–Kier alpha value is -0.650. The maximum absolute atomic E-state index is 9.37. The van der Waals surface area contributed by atoms with E-state index in [1.807, 2.05) is 0 Å². The normalized spacial score (nSPS) is 24.5. The molecule has 0 bridgehead atoms. The highest BCUT2D eigenvalue weighted by molar-refractivity contribution is 7.15. The lowest BCUT2D eigenvalue weighted by atomic mass is 10.2. The summed E-state index contributed by atoms with van der Waals surface area (Å²) in [7, 11) is 0.